The molecule has 0 heterocycles. The van der Waals surface area contributed by atoms with Gasteiger partial charge in [0.15, 0.2) is 0 Å². The molecule has 0 saturated heterocycles. The summed E-state index contributed by atoms with van der Waals surface area (Å²) in [6.45, 7) is 0. The van der Waals surface area contributed by atoms with Crippen molar-refractivity contribution in [1.29, 1.82) is 0 Å². The maximum absolute atomic E-state index is 8.82. The Morgan fingerprint density at radius 3 is 1.14 bits per heavy atom. The van der Waals surface area contributed by atoms with Crippen molar-refractivity contribution >= 4 is 37.7 Å². The Labute approximate surface area is 83.4 Å². The Balaban J connectivity index is -0.0000000800. The predicted octanol–water partition coefficient (Wildman–Crippen LogP) is -2.27. The average molecular weight is 212 g/mol. The summed E-state index contributed by atoms with van der Waals surface area (Å²) in [5, 5.41) is 0. The fourth-order valence-corrected chi connectivity index (χ4v) is 0. The monoisotopic (exact) mass is 212 g/mol. The summed E-state index contributed by atoms with van der Waals surface area (Å²) in [4.78, 5) is 0. The molecule has 0 aliphatic carbocycles. The van der Waals surface area contributed by atoms with Gasteiger partial charge in [-0.3, -0.25) is 0 Å². The van der Waals surface area contributed by atoms with Crippen LogP contribution in [0.3, 0.4) is 0 Å². The second kappa shape index (κ2) is 5.97. The van der Waals surface area contributed by atoms with Gasteiger partial charge in [0.25, 0.3) is 0 Å². The number of hydrogen-bond acceptors (Lipinski definition) is 2. The average Bonchev–Trinajstić information content (AvgIpc) is 0.722. The molecule has 0 unspecified atom stereocenters. The van der Waals surface area contributed by atoms with Gasteiger partial charge in [0.1, 0.15) is 0 Å². The summed E-state index contributed by atoms with van der Waals surface area (Å²) in [6, 6.07) is 0. The summed E-state index contributed by atoms with van der Waals surface area (Å²) in [5.41, 5.74) is 0. The molecular weight excluding hydrogens is 208 g/mol. The Kier molecular flexibility index (Phi) is 13.6. The van der Waals surface area contributed by atoms with Crippen molar-refractivity contribution in [1.82, 2.24) is 0 Å². The van der Waals surface area contributed by atoms with Crippen LogP contribution in [0, 0.1) is 0 Å². The molecule has 0 aliphatic rings. The van der Waals surface area contributed by atoms with E-state index in [1.165, 1.54) is 0 Å². The van der Waals surface area contributed by atoms with Crippen LogP contribution in [0.5, 0.6) is 0 Å². The van der Waals surface area contributed by atoms with E-state index in [1.54, 1.807) is 0 Å². The third-order valence-corrected chi connectivity index (χ3v) is 0. The van der Waals surface area contributed by atoms with Crippen molar-refractivity contribution in [2.45, 2.75) is 0 Å². The summed E-state index contributed by atoms with van der Waals surface area (Å²) >= 11 is -5.25. The van der Waals surface area contributed by atoms with Crippen LogP contribution >= 0.6 is 0 Å². The number of rotatable bonds is 0. The molecule has 7 heteroatoms. The molecular formula is H4CaCr2O4. The zero-order valence-corrected chi connectivity index (χ0v) is 5.08. The van der Waals surface area contributed by atoms with Gasteiger partial charge in [0.05, 0.1) is 0 Å². The molecule has 0 fully saturated rings. The molecule has 4 nitrogen and oxygen atoms in total. The summed E-state index contributed by atoms with van der Waals surface area (Å²) in [6.07, 6.45) is 0. The van der Waals surface area contributed by atoms with E-state index in [1.807, 2.05) is 0 Å². The van der Waals surface area contributed by atoms with E-state index in [0.717, 1.165) is 0 Å². The van der Waals surface area contributed by atoms with Gasteiger partial charge in [-0.25, -0.2) is 0 Å². The quantitative estimate of drug-likeness (QED) is 0.444. The van der Waals surface area contributed by atoms with E-state index < -0.39 is 13.6 Å². The van der Waals surface area contributed by atoms with Crippen molar-refractivity contribution in [3.05, 3.63) is 0 Å². The zero-order chi connectivity index (χ0) is 4.50. The number of hydrogen-bond donors (Lipinski definition) is 2. The van der Waals surface area contributed by atoms with Crippen LogP contribution in [0.4, 0.5) is 0 Å². The van der Waals surface area contributed by atoms with Crippen LogP contribution < -0.4 is 0 Å². The van der Waals surface area contributed by atoms with Crippen molar-refractivity contribution in [2.75, 3.05) is 0 Å². The molecule has 0 saturated carbocycles. The van der Waals surface area contributed by atoms with E-state index in [9.17, 15) is 0 Å². The van der Waals surface area contributed by atoms with Gasteiger partial charge in [0.2, 0.25) is 0 Å². The topological polar surface area (TPSA) is 74.6 Å². The summed E-state index contributed by atoms with van der Waals surface area (Å²) in [7, 11) is 0. The van der Waals surface area contributed by atoms with Gasteiger partial charge >= 0.3 is 67.3 Å². The van der Waals surface area contributed by atoms with E-state index in [2.05, 4.69) is 0 Å². The molecule has 0 rings (SSSR count). The Hall–Kier alpha value is 1.84. The first-order valence-electron chi connectivity index (χ1n) is 0.698. The molecule has 0 atom stereocenters. The molecule has 0 aromatic rings. The zero-order valence-electron chi connectivity index (χ0n) is 2.53. The molecule has 0 aromatic carbocycles. The van der Waals surface area contributed by atoms with Crippen molar-refractivity contribution in [2.24, 2.45) is 0 Å². The van der Waals surface area contributed by atoms with Crippen LogP contribution in [-0.4, -0.2) is 46.1 Å². The first-order valence-corrected chi connectivity index (χ1v) is 2.88. The standard InChI is InChI=1S/Ca.2Cr.2H2O.2O.2H/h;;;2*1H2;;;;/q;;+2;;;;;;/p-2. The van der Waals surface area contributed by atoms with Crippen LogP contribution in [0.1, 0.15) is 0 Å². The summed E-state index contributed by atoms with van der Waals surface area (Å²) in [5.74, 6) is 0. The van der Waals surface area contributed by atoms with Crippen molar-refractivity contribution < 1.29 is 46.9 Å². The third-order valence-electron chi connectivity index (χ3n) is 0. The molecule has 2 N–H and O–H groups in total. The molecule has 0 aromatic heterocycles. The van der Waals surface area contributed by atoms with Gasteiger partial charge in [-0.2, -0.15) is 0 Å². The van der Waals surface area contributed by atoms with Gasteiger partial charge < -0.3 is 0 Å². The van der Waals surface area contributed by atoms with Crippen LogP contribution in [0.25, 0.3) is 0 Å². The minimum atomic E-state index is -5.25. The molecule has 42 valence electrons. The molecule has 0 aliphatic heterocycles. The maximum atomic E-state index is 8.82. The van der Waals surface area contributed by atoms with Crippen LogP contribution in [0.2, 0.25) is 0 Å². The second-order valence-electron chi connectivity index (χ2n) is 0.448. The van der Waals surface area contributed by atoms with Gasteiger partial charge in [0, 0.05) is 17.4 Å². The molecule has 0 radical (unpaired) electrons. The fraction of sp³-hybridized carbons (Fsp3) is 0. The van der Waals surface area contributed by atoms with E-state index in [-0.39, 0.29) is 55.1 Å². The Morgan fingerprint density at radius 2 is 1.14 bits per heavy atom. The van der Waals surface area contributed by atoms with Gasteiger partial charge in [-0.15, -0.1) is 0 Å². The van der Waals surface area contributed by atoms with Gasteiger partial charge in [-0.05, 0) is 0 Å². The van der Waals surface area contributed by atoms with Crippen molar-refractivity contribution in [3.8, 4) is 0 Å². The van der Waals surface area contributed by atoms with Crippen LogP contribution in [0.15, 0.2) is 0 Å². The van der Waals surface area contributed by atoms with E-state index >= 15 is 0 Å². The van der Waals surface area contributed by atoms with Gasteiger partial charge in [-0.1, -0.05) is 0 Å². The van der Waals surface area contributed by atoms with E-state index in [4.69, 9.17) is 15.9 Å². The molecule has 0 spiro atoms. The molecule has 7 heavy (non-hydrogen) atoms. The predicted molar refractivity (Wildman–Crippen MR) is 14.4 cm³/mol. The van der Waals surface area contributed by atoms with Crippen LogP contribution in [-0.2, 0) is 38.6 Å². The second-order valence-corrected chi connectivity index (χ2v) is 1.85. The summed E-state index contributed by atoms with van der Waals surface area (Å²) < 4.78 is 31.9. The molecule has 0 bridgehead atoms. The third kappa shape index (κ3) is 78.8. The minimum absolute atomic E-state index is 0. The Morgan fingerprint density at radius 1 is 1.14 bits per heavy atom. The first-order chi connectivity index (χ1) is 2.00. The normalized spacial score (nSPS) is 8.29. The fourth-order valence-electron chi connectivity index (χ4n) is 0. The first kappa shape index (κ1) is 15.9. The Bertz CT molecular complexity index is 92.9. The molecule has 0 amide bonds. The van der Waals surface area contributed by atoms with Crippen molar-refractivity contribution in [3.63, 3.8) is 0 Å². The van der Waals surface area contributed by atoms with E-state index in [0.29, 0.717) is 0 Å². The SMILES string of the molecule is [CaH2].[Cr].[O]=[Cr](=[O])([OH])[OH].